The average molecular weight is 333 g/mol. The molecule has 0 saturated carbocycles. The van der Waals surface area contributed by atoms with E-state index in [0.29, 0.717) is 12.4 Å². The molecule has 8 heteroatoms. The van der Waals surface area contributed by atoms with E-state index in [2.05, 4.69) is 15.2 Å². The molecule has 124 valence electrons. The lowest BCUT2D eigenvalue weighted by atomic mass is 10.1. The van der Waals surface area contributed by atoms with Crippen molar-refractivity contribution in [2.75, 3.05) is 11.4 Å². The van der Waals surface area contributed by atoms with Crippen LogP contribution in [0.3, 0.4) is 0 Å². The summed E-state index contributed by atoms with van der Waals surface area (Å²) in [6.07, 6.45) is -4.48. The molecule has 0 unspecified atom stereocenters. The fourth-order valence-corrected chi connectivity index (χ4v) is 3.08. The second-order valence-corrected chi connectivity index (χ2v) is 5.83. The molecule has 1 aliphatic heterocycles. The fraction of sp³-hybridized carbons (Fsp3) is 0.312. The first-order chi connectivity index (χ1) is 11.4. The average Bonchev–Trinajstić information content (AvgIpc) is 2.97. The molecule has 4 rings (SSSR count). The van der Waals surface area contributed by atoms with Crippen LogP contribution < -0.4 is 4.90 Å². The summed E-state index contributed by atoms with van der Waals surface area (Å²) < 4.78 is 39.9. The molecule has 0 amide bonds. The van der Waals surface area contributed by atoms with Crippen LogP contribution in [0.15, 0.2) is 30.3 Å². The Labute approximate surface area is 135 Å². The number of hydrogen-bond acceptors (Lipinski definition) is 4. The number of halogens is 3. The van der Waals surface area contributed by atoms with Gasteiger partial charge in [0.05, 0.1) is 12.1 Å². The number of benzene rings is 1. The van der Waals surface area contributed by atoms with E-state index in [0.717, 1.165) is 26.9 Å². The number of nitrogens with zero attached hydrogens (tertiary/aromatic N) is 5. The molecule has 3 heterocycles. The Morgan fingerprint density at radius 1 is 1.08 bits per heavy atom. The van der Waals surface area contributed by atoms with E-state index in [9.17, 15) is 13.2 Å². The van der Waals surface area contributed by atoms with Crippen molar-refractivity contribution in [2.45, 2.75) is 26.2 Å². The van der Waals surface area contributed by atoms with Gasteiger partial charge in [0.2, 0.25) is 5.82 Å². The highest BCUT2D eigenvalue weighted by molar-refractivity contribution is 5.81. The highest BCUT2D eigenvalue weighted by Gasteiger charge is 2.39. The van der Waals surface area contributed by atoms with E-state index in [1.165, 1.54) is 0 Å². The van der Waals surface area contributed by atoms with Crippen LogP contribution in [-0.4, -0.2) is 26.3 Å². The van der Waals surface area contributed by atoms with Crippen molar-refractivity contribution in [1.82, 2.24) is 19.7 Å². The molecule has 1 aromatic carbocycles. The minimum atomic E-state index is -4.48. The van der Waals surface area contributed by atoms with Crippen molar-refractivity contribution in [3.05, 3.63) is 47.5 Å². The minimum Gasteiger partial charge on any atom is -0.347 e. The van der Waals surface area contributed by atoms with Crippen LogP contribution in [0.25, 0.3) is 10.9 Å². The molecule has 0 radical (unpaired) electrons. The smallest absolute Gasteiger partial charge is 0.347 e. The van der Waals surface area contributed by atoms with Gasteiger partial charge < -0.3 is 9.47 Å². The molecular weight excluding hydrogens is 319 g/mol. The van der Waals surface area contributed by atoms with E-state index in [-0.39, 0.29) is 13.1 Å². The molecule has 0 N–H and O–H groups in total. The first kappa shape index (κ1) is 14.9. The molecule has 0 saturated heterocycles. The SMILES string of the molecule is Cc1cc2ccccc2nc1N1CCn2c(nnc2C(F)(F)F)C1. The topological polar surface area (TPSA) is 46.8 Å². The summed E-state index contributed by atoms with van der Waals surface area (Å²) in [5.74, 6) is 0.153. The molecule has 1 aliphatic rings. The lowest BCUT2D eigenvalue weighted by molar-refractivity contribution is -0.147. The monoisotopic (exact) mass is 333 g/mol. The third-order valence-corrected chi connectivity index (χ3v) is 4.19. The van der Waals surface area contributed by atoms with Gasteiger partial charge in [0.15, 0.2) is 5.82 Å². The van der Waals surface area contributed by atoms with Gasteiger partial charge in [-0.25, -0.2) is 4.98 Å². The van der Waals surface area contributed by atoms with Crippen molar-refractivity contribution in [2.24, 2.45) is 0 Å². The third-order valence-electron chi connectivity index (χ3n) is 4.19. The van der Waals surface area contributed by atoms with Gasteiger partial charge in [-0.3, -0.25) is 0 Å². The molecule has 0 atom stereocenters. The van der Waals surface area contributed by atoms with Gasteiger partial charge >= 0.3 is 6.18 Å². The third kappa shape index (κ3) is 2.38. The zero-order valence-electron chi connectivity index (χ0n) is 12.9. The molecule has 0 fully saturated rings. The van der Waals surface area contributed by atoms with Crippen molar-refractivity contribution >= 4 is 16.7 Å². The van der Waals surface area contributed by atoms with Crippen molar-refractivity contribution in [3.63, 3.8) is 0 Å². The first-order valence-electron chi connectivity index (χ1n) is 7.54. The zero-order chi connectivity index (χ0) is 16.9. The highest BCUT2D eigenvalue weighted by atomic mass is 19.4. The van der Waals surface area contributed by atoms with Crippen LogP contribution in [-0.2, 0) is 19.3 Å². The second kappa shape index (κ2) is 5.19. The highest BCUT2D eigenvalue weighted by Crippen LogP contribution is 2.31. The van der Waals surface area contributed by atoms with Crippen LogP contribution in [0.5, 0.6) is 0 Å². The van der Waals surface area contributed by atoms with Gasteiger partial charge in [-0.2, -0.15) is 13.2 Å². The van der Waals surface area contributed by atoms with E-state index >= 15 is 0 Å². The van der Waals surface area contributed by atoms with Gasteiger partial charge in [0.1, 0.15) is 5.82 Å². The van der Waals surface area contributed by atoms with Gasteiger partial charge in [-0.1, -0.05) is 18.2 Å². The molecule has 2 aromatic heterocycles. The van der Waals surface area contributed by atoms with E-state index in [1.807, 2.05) is 42.2 Å². The first-order valence-corrected chi connectivity index (χ1v) is 7.54. The van der Waals surface area contributed by atoms with Crippen LogP contribution in [0, 0.1) is 6.92 Å². The number of anilines is 1. The molecule has 0 spiro atoms. The van der Waals surface area contributed by atoms with Crippen LogP contribution in [0.2, 0.25) is 0 Å². The summed E-state index contributed by atoms with van der Waals surface area (Å²) in [5, 5.41) is 8.06. The van der Waals surface area contributed by atoms with Gasteiger partial charge in [-0.15, -0.1) is 10.2 Å². The molecule has 0 aliphatic carbocycles. The number of aromatic nitrogens is 4. The maximum absolute atomic E-state index is 12.9. The Bertz CT molecular complexity index is 916. The van der Waals surface area contributed by atoms with Gasteiger partial charge in [-0.05, 0) is 24.6 Å². The summed E-state index contributed by atoms with van der Waals surface area (Å²) in [7, 11) is 0. The summed E-state index contributed by atoms with van der Waals surface area (Å²) >= 11 is 0. The van der Waals surface area contributed by atoms with Gasteiger partial charge in [0.25, 0.3) is 0 Å². The summed E-state index contributed by atoms with van der Waals surface area (Å²) in [6, 6.07) is 9.81. The quantitative estimate of drug-likeness (QED) is 0.686. The molecule has 0 bridgehead atoms. The Kier molecular flexibility index (Phi) is 3.22. The second-order valence-electron chi connectivity index (χ2n) is 5.83. The van der Waals surface area contributed by atoms with Crippen LogP contribution in [0.4, 0.5) is 19.0 Å². The van der Waals surface area contributed by atoms with E-state index < -0.39 is 12.0 Å². The summed E-state index contributed by atoms with van der Waals surface area (Å²) in [5.41, 5.74) is 1.85. The lowest BCUT2D eigenvalue weighted by Crippen LogP contribution is -2.36. The molecule has 3 aromatic rings. The maximum Gasteiger partial charge on any atom is 0.451 e. The van der Waals surface area contributed by atoms with Crippen LogP contribution in [0.1, 0.15) is 17.2 Å². The molecular formula is C16H14F3N5. The van der Waals surface area contributed by atoms with Crippen molar-refractivity contribution in [3.8, 4) is 0 Å². The van der Waals surface area contributed by atoms with Gasteiger partial charge in [0, 0.05) is 18.5 Å². The minimum absolute atomic E-state index is 0.186. The number of alkyl halides is 3. The Hall–Kier alpha value is -2.64. The zero-order valence-corrected chi connectivity index (χ0v) is 12.9. The molecule has 5 nitrogen and oxygen atoms in total. The normalized spacial score (nSPS) is 14.9. The maximum atomic E-state index is 12.9. The predicted octanol–water partition coefficient (Wildman–Crippen LogP) is 3.17. The number of aryl methyl sites for hydroxylation is 1. The van der Waals surface area contributed by atoms with Crippen molar-refractivity contribution < 1.29 is 13.2 Å². The lowest BCUT2D eigenvalue weighted by Gasteiger charge is -2.30. The summed E-state index contributed by atoms with van der Waals surface area (Å²) in [4.78, 5) is 6.62. The number of hydrogen-bond donors (Lipinski definition) is 0. The summed E-state index contributed by atoms with van der Waals surface area (Å²) in [6.45, 7) is 2.83. The van der Waals surface area contributed by atoms with Crippen LogP contribution >= 0.6 is 0 Å². The van der Waals surface area contributed by atoms with Crippen molar-refractivity contribution in [1.29, 1.82) is 0 Å². The largest absolute Gasteiger partial charge is 0.451 e. The number of pyridine rings is 1. The number of rotatable bonds is 1. The van der Waals surface area contributed by atoms with E-state index in [1.54, 1.807) is 0 Å². The predicted molar refractivity (Wildman–Crippen MR) is 82.6 cm³/mol. The number of fused-ring (bicyclic) bond motifs is 2. The number of para-hydroxylation sites is 1. The van der Waals surface area contributed by atoms with E-state index in [4.69, 9.17) is 0 Å². The fourth-order valence-electron chi connectivity index (χ4n) is 3.08. The molecule has 24 heavy (non-hydrogen) atoms. The Morgan fingerprint density at radius 3 is 2.67 bits per heavy atom. The standard InChI is InChI=1S/C16H14F3N5/c1-10-8-11-4-2-3-5-12(11)20-14(10)23-6-7-24-13(9-23)21-22-15(24)16(17,18)19/h2-5,8H,6-7,9H2,1H3. The Morgan fingerprint density at radius 2 is 1.88 bits per heavy atom. The Balaban J connectivity index is 1.70.